The maximum Gasteiger partial charge on any atom is 0.275 e. The normalized spacial score (nSPS) is 10.7. The predicted octanol–water partition coefficient (Wildman–Crippen LogP) is 4.14. The lowest BCUT2D eigenvalue weighted by atomic mass is 10.1. The van der Waals surface area contributed by atoms with Crippen molar-refractivity contribution in [2.75, 3.05) is 13.2 Å². The number of rotatable bonds is 12. The fraction of sp³-hybridized carbons (Fsp3) is 0.556. The van der Waals surface area contributed by atoms with Gasteiger partial charge < -0.3 is 9.47 Å². The summed E-state index contributed by atoms with van der Waals surface area (Å²) in [5, 5.41) is 3.71. The van der Waals surface area contributed by atoms with Gasteiger partial charge in [0.15, 0.2) is 6.40 Å². The highest BCUT2D eigenvalue weighted by Gasteiger charge is 2.11. The Morgan fingerprint density at radius 3 is 2.65 bits per heavy atom. The zero-order chi connectivity index (χ0) is 16.8. The summed E-state index contributed by atoms with van der Waals surface area (Å²) in [6.45, 7) is 5.19. The molecule has 5 heteroatoms. The van der Waals surface area contributed by atoms with E-state index in [1.54, 1.807) is 18.2 Å². The molecule has 0 spiro atoms. The van der Waals surface area contributed by atoms with Crippen LogP contribution in [0.2, 0.25) is 0 Å². The number of para-hydroxylation sites is 1. The van der Waals surface area contributed by atoms with E-state index in [0.29, 0.717) is 24.5 Å². The molecular weight excluding hydrogens is 292 g/mol. The van der Waals surface area contributed by atoms with Crippen LogP contribution in [0, 0.1) is 0 Å². The molecule has 1 aromatic rings. The van der Waals surface area contributed by atoms with Crippen molar-refractivity contribution in [1.82, 2.24) is 5.43 Å². The fourth-order valence-corrected chi connectivity index (χ4v) is 2.10. The summed E-state index contributed by atoms with van der Waals surface area (Å²) in [5.41, 5.74) is 2.90. The third-order valence-electron chi connectivity index (χ3n) is 3.35. The number of carbonyl (C=O) groups is 1. The molecule has 0 heterocycles. The zero-order valence-corrected chi connectivity index (χ0v) is 14.2. The Kier molecular flexibility index (Phi) is 10.3. The number of unbranched alkanes of at least 4 members (excludes halogenated alkanes) is 5. The summed E-state index contributed by atoms with van der Waals surface area (Å²) in [6, 6.07) is 7.19. The molecule has 1 N–H and O–H groups in total. The number of nitrogens with zero attached hydrogens (tertiary/aromatic N) is 1. The summed E-state index contributed by atoms with van der Waals surface area (Å²) in [7, 11) is 0. The van der Waals surface area contributed by atoms with Gasteiger partial charge in [-0.1, -0.05) is 51.2 Å². The second-order valence-electron chi connectivity index (χ2n) is 5.24. The van der Waals surface area contributed by atoms with Crippen molar-refractivity contribution in [2.24, 2.45) is 5.10 Å². The van der Waals surface area contributed by atoms with Crippen LogP contribution in [0.25, 0.3) is 0 Å². The standard InChI is InChI=1S/C18H28N2O3/c1-3-5-6-7-8-11-14-23-17-13-10-9-12-16(17)18(21)20-19-15-22-4-2/h9-10,12-13,15H,3-8,11,14H2,1-2H3,(H,20,21)/b19-15-. The number of hydrogen-bond acceptors (Lipinski definition) is 4. The molecule has 128 valence electrons. The molecular formula is C18H28N2O3. The van der Waals surface area contributed by atoms with Gasteiger partial charge in [-0.15, -0.1) is 5.10 Å². The topological polar surface area (TPSA) is 59.9 Å². The van der Waals surface area contributed by atoms with Crippen LogP contribution in [-0.4, -0.2) is 25.5 Å². The number of hydrogen-bond donors (Lipinski definition) is 1. The van der Waals surface area contributed by atoms with Crippen LogP contribution in [0.15, 0.2) is 29.4 Å². The lowest BCUT2D eigenvalue weighted by Crippen LogP contribution is -2.19. The summed E-state index contributed by atoms with van der Waals surface area (Å²) < 4.78 is 10.7. The minimum Gasteiger partial charge on any atom is -0.493 e. The summed E-state index contributed by atoms with van der Waals surface area (Å²) in [4.78, 5) is 12.1. The Hall–Kier alpha value is -2.04. The van der Waals surface area contributed by atoms with Crippen molar-refractivity contribution in [3.05, 3.63) is 29.8 Å². The summed E-state index contributed by atoms with van der Waals surface area (Å²) in [6.07, 6.45) is 8.46. The predicted molar refractivity (Wildman–Crippen MR) is 92.9 cm³/mol. The molecule has 0 saturated carbocycles. The molecule has 1 aromatic carbocycles. The van der Waals surface area contributed by atoms with Crippen LogP contribution in [0.3, 0.4) is 0 Å². The molecule has 23 heavy (non-hydrogen) atoms. The first-order chi connectivity index (χ1) is 11.3. The van der Waals surface area contributed by atoms with Crippen LogP contribution in [-0.2, 0) is 4.74 Å². The van der Waals surface area contributed by atoms with Gasteiger partial charge in [-0.05, 0) is 25.5 Å². The number of amides is 1. The van der Waals surface area contributed by atoms with Crippen molar-refractivity contribution in [3.8, 4) is 5.75 Å². The number of nitrogens with one attached hydrogen (secondary N) is 1. The molecule has 0 saturated heterocycles. The number of ether oxygens (including phenoxy) is 2. The van der Waals surface area contributed by atoms with E-state index >= 15 is 0 Å². The van der Waals surface area contributed by atoms with Gasteiger partial charge >= 0.3 is 0 Å². The van der Waals surface area contributed by atoms with Gasteiger partial charge in [-0.25, -0.2) is 5.43 Å². The van der Waals surface area contributed by atoms with E-state index in [0.717, 1.165) is 12.8 Å². The van der Waals surface area contributed by atoms with Crippen molar-refractivity contribution in [1.29, 1.82) is 0 Å². The molecule has 0 aliphatic rings. The highest BCUT2D eigenvalue weighted by molar-refractivity contribution is 5.96. The molecule has 1 amide bonds. The zero-order valence-electron chi connectivity index (χ0n) is 14.2. The van der Waals surface area contributed by atoms with E-state index in [-0.39, 0.29) is 5.91 Å². The van der Waals surface area contributed by atoms with Crippen LogP contribution in [0.4, 0.5) is 0 Å². The van der Waals surface area contributed by atoms with Crippen molar-refractivity contribution in [3.63, 3.8) is 0 Å². The largest absolute Gasteiger partial charge is 0.493 e. The second kappa shape index (κ2) is 12.5. The number of carbonyl (C=O) groups excluding carboxylic acids is 1. The van der Waals surface area contributed by atoms with Crippen molar-refractivity contribution < 1.29 is 14.3 Å². The van der Waals surface area contributed by atoms with Crippen LogP contribution in [0.5, 0.6) is 5.75 Å². The Labute approximate surface area is 139 Å². The molecule has 0 unspecified atom stereocenters. The Bertz CT molecular complexity index is 475. The van der Waals surface area contributed by atoms with Gasteiger partial charge in [-0.3, -0.25) is 4.79 Å². The second-order valence-corrected chi connectivity index (χ2v) is 5.24. The van der Waals surface area contributed by atoms with Crippen molar-refractivity contribution in [2.45, 2.75) is 52.4 Å². The molecule has 0 aliphatic heterocycles. The van der Waals surface area contributed by atoms with Crippen molar-refractivity contribution >= 4 is 12.3 Å². The van der Waals surface area contributed by atoms with Crippen LogP contribution < -0.4 is 10.2 Å². The van der Waals surface area contributed by atoms with Gasteiger partial charge in [0, 0.05) is 0 Å². The SMILES string of the molecule is CCCCCCCCOc1ccccc1C(=O)N/N=C\OCC. The van der Waals surface area contributed by atoms with Gasteiger partial charge in [-0.2, -0.15) is 0 Å². The minimum absolute atomic E-state index is 0.306. The highest BCUT2D eigenvalue weighted by Crippen LogP contribution is 2.18. The highest BCUT2D eigenvalue weighted by atomic mass is 16.5. The molecule has 1 rings (SSSR count). The third-order valence-corrected chi connectivity index (χ3v) is 3.35. The molecule has 0 bridgehead atoms. The Balaban J connectivity index is 2.39. The first-order valence-electron chi connectivity index (χ1n) is 8.44. The molecule has 0 aliphatic carbocycles. The Morgan fingerprint density at radius 2 is 1.87 bits per heavy atom. The van der Waals surface area contributed by atoms with Crippen LogP contribution >= 0.6 is 0 Å². The quantitative estimate of drug-likeness (QED) is 0.272. The van der Waals surface area contributed by atoms with Gasteiger partial charge in [0.25, 0.3) is 5.91 Å². The average molecular weight is 320 g/mol. The summed E-state index contributed by atoms with van der Waals surface area (Å²) in [5.74, 6) is 0.282. The van der Waals surface area contributed by atoms with Gasteiger partial charge in [0.1, 0.15) is 5.75 Å². The van der Waals surface area contributed by atoms with E-state index in [9.17, 15) is 4.79 Å². The third kappa shape index (κ3) is 8.24. The molecule has 0 radical (unpaired) electrons. The Morgan fingerprint density at radius 1 is 1.13 bits per heavy atom. The molecule has 5 nitrogen and oxygen atoms in total. The minimum atomic E-state index is -0.306. The van der Waals surface area contributed by atoms with Crippen LogP contribution in [0.1, 0.15) is 62.7 Å². The first kappa shape index (κ1) is 19.0. The van der Waals surface area contributed by atoms with Gasteiger partial charge in [0.2, 0.25) is 0 Å². The fourth-order valence-electron chi connectivity index (χ4n) is 2.10. The summed E-state index contributed by atoms with van der Waals surface area (Å²) >= 11 is 0. The lowest BCUT2D eigenvalue weighted by molar-refractivity contribution is 0.0949. The molecule has 0 aromatic heterocycles. The maximum absolute atomic E-state index is 12.1. The maximum atomic E-state index is 12.1. The molecule has 0 fully saturated rings. The number of hydrazone groups is 1. The average Bonchev–Trinajstić information content (AvgIpc) is 2.58. The van der Waals surface area contributed by atoms with E-state index in [2.05, 4.69) is 17.5 Å². The van der Waals surface area contributed by atoms with E-state index in [1.807, 2.05) is 13.0 Å². The monoisotopic (exact) mass is 320 g/mol. The van der Waals surface area contributed by atoms with E-state index in [4.69, 9.17) is 9.47 Å². The number of benzene rings is 1. The molecule has 0 atom stereocenters. The first-order valence-corrected chi connectivity index (χ1v) is 8.44. The lowest BCUT2D eigenvalue weighted by Gasteiger charge is -2.10. The van der Waals surface area contributed by atoms with E-state index in [1.165, 1.54) is 32.1 Å². The van der Waals surface area contributed by atoms with E-state index < -0.39 is 0 Å². The van der Waals surface area contributed by atoms with Gasteiger partial charge in [0.05, 0.1) is 18.8 Å². The smallest absolute Gasteiger partial charge is 0.275 e.